The summed E-state index contributed by atoms with van der Waals surface area (Å²) in [6.07, 6.45) is 0. The van der Waals surface area contributed by atoms with E-state index in [1.807, 2.05) is 0 Å². The summed E-state index contributed by atoms with van der Waals surface area (Å²) < 4.78 is 26.1. The van der Waals surface area contributed by atoms with Gasteiger partial charge in [0.2, 0.25) is 0 Å². The molecule has 7 heteroatoms. The molecule has 37 heavy (non-hydrogen) atoms. The molecule has 0 aliphatic carbocycles. The maximum absolute atomic E-state index is 6.54. The van der Waals surface area contributed by atoms with Crippen molar-refractivity contribution in [2.24, 2.45) is 0 Å². The summed E-state index contributed by atoms with van der Waals surface area (Å²) in [5.74, 6) is 0. The molecule has 2 heterocycles. The molecule has 5 rings (SSSR count). The standard InChI is InChI=1S/C30H37B2O4P/c1-27(2)28(3,4)34-31(33-27)23-18-12-14-20-25(23)37(22-16-10-9-11-17-22)26-21-15-13-19-24(26)32-35-29(5,6)30(7,8)36-32/h9-21H,1-8H3. The Morgan fingerprint density at radius 2 is 0.784 bits per heavy atom. The van der Waals surface area contributed by atoms with Gasteiger partial charge < -0.3 is 18.6 Å². The molecular weight excluding hydrogens is 477 g/mol. The molecule has 192 valence electrons. The highest BCUT2D eigenvalue weighted by Gasteiger charge is 2.54. The maximum atomic E-state index is 6.54. The summed E-state index contributed by atoms with van der Waals surface area (Å²) in [5.41, 5.74) is 0.475. The Bertz CT molecular complexity index is 1160. The van der Waals surface area contributed by atoms with E-state index in [-0.39, 0.29) is 0 Å². The lowest BCUT2D eigenvalue weighted by atomic mass is 9.79. The van der Waals surface area contributed by atoms with Crippen LogP contribution in [0.25, 0.3) is 0 Å². The number of hydrogen-bond acceptors (Lipinski definition) is 4. The normalized spacial score (nSPS) is 21.5. The molecule has 0 atom stereocenters. The molecule has 0 unspecified atom stereocenters. The minimum Gasteiger partial charge on any atom is -0.399 e. The zero-order valence-electron chi connectivity index (χ0n) is 23.2. The fourth-order valence-electron chi connectivity index (χ4n) is 4.71. The molecule has 4 nitrogen and oxygen atoms in total. The highest BCUT2D eigenvalue weighted by molar-refractivity contribution is 7.80. The predicted molar refractivity (Wildman–Crippen MR) is 157 cm³/mol. The average molecular weight is 514 g/mol. The minimum atomic E-state index is -0.963. The van der Waals surface area contributed by atoms with Gasteiger partial charge in [-0.25, -0.2) is 0 Å². The van der Waals surface area contributed by atoms with Crippen molar-refractivity contribution in [2.75, 3.05) is 0 Å². The van der Waals surface area contributed by atoms with Gasteiger partial charge in [0.05, 0.1) is 22.4 Å². The maximum Gasteiger partial charge on any atom is 0.495 e. The zero-order valence-corrected chi connectivity index (χ0v) is 24.1. The van der Waals surface area contributed by atoms with E-state index in [0.717, 1.165) is 10.9 Å². The summed E-state index contributed by atoms with van der Waals surface area (Å²) in [6, 6.07) is 27.8. The van der Waals surface area contributed by atoms with E-state index in [9.17, 15) is 0 Å². The second-order valence-corrected chi connectivity index (χ2v) is 14.1. The first-order valence-corrected chi connectivity index (χ1v) is 14.4. The third-order valence-electron chi connectivity index (χ3n) is 8.38. The molecule has 0 radical (unpaired) electrons. The van der Waals surface area contributed by atoms with Gasteiger partial charge in [0, 0.05) is 0 Å². The van der Waals surface area contributed by atoms with E-state index in [1.165, 1.54) is 15.9 Å². The van der Waals surface area contributed by atoms with Crippen molar-refractivity contribution in [3.8, 4) is 0 Å². The number of rotatable bonds is 5. The van der Waals surface area contributed by atoms with Crippen LogP contribution in [0.5, 0.6) is 0 Å². The molecule has 0 aromatic heterocycles. The van der Waals surface area contributed by atoms with Crippen molar-refractivity contribution in [2.45, 2.75) is 77.8 Å². The first-order valence-electron chi connectivity index (χ1n) is 13.1. The van der Waals surface area contributed by atoms with Crippen molar-refractivity contribution in [3.63, 3.8) is 0 Å². The molecule has 3 aromatic rings. The van der Waals surface area contributed by atoms with Crippen molar-refractivity contribution < 1.29 is 18.6 Å². The smallest absolute Gasteiger partial charge is 0.399 e. The van der Waals surface area contributed by atoms with Gasteiger partial charge in [0.1, 0.15) is 0 Å². The highest BCUT2D eigenvalue weighted by Crippen LogP contribution is 2.40. The van der Waals surface area contributed by atoms with Crippen molar-refractivity contribution in [3.05, 3.63) is 78.9 Å². The minimum absolute atomic E-state index is 0.416. The Labute approximate surface area is 224 Å². The fraction of sp³-hybridized carbons (Fsp3) is 0.400. The second-order valence-electron chi connectivity index (χ2n) is 12.0. The molecule has 2 fully saturated rings. The van der Waals surface area contributed by atoms with Gasteiger partial charge in [-0.1, -0.05) is 78.9 Å². The van der Waals surface area contributed by atoms with E-state index >= 15 is 0 Å². The SMILES string of the molecule is CC1(C)OB(c2ccccc2P(c2ccccc2)c2ccccc2B2OC(C)(C)C(C)(C)O2)OC1(C)C. The van der Waals surface area contributed by atoms with Gasteiger partial charge in [0.25, 0.3) is 0 Å². The topological polar surface area (TPSA) is 36.9 Å². The van der Waals surface area contributed by atoms with Crippen molar-refractivity contribution in [1.29, 1.82) is 0 Å². The average Bonchev–Trinajstić information content (AvgIpc) is 3.20. The van der Waals surface area contributed by atoms with Crippen LogP contribution in [0.1, 0.15) is 55.4 Å². The van der Waals surface area contributed by atoms with E-state index < -0.39 is 44.6 Å². The lowest BCUT2D eigenvalue weighted by Crippen LogP contribution is -2.48. The van der Waals surface area contributed by atoms with Crippen LogP contribution in [0.2, 0.25) is 0 Å². The molecule has 0 N–H and O–H groups in total. The van der Waals surface area contributed by atoms with E-state index in [2.05, 4.69) is 134 Å². The Hall–Kier alpha value is -1.94. The molecule has 2 aliphatic rings. The summed E-state index contributed by atoms with van der Waals surface area (Å²) in [5, 5.41) is 3.68. The summed E-state index contributed by atoms with van der Waals surface area (Å²) in [4.78, 5) is 0. The molecular formula is C30H37B2O4P. The van der Waals surface area contributed by atoms with Crippen LogP contribution in [0.3, 0.4) is 0 Å². The molecule has 0 saturated carbocycles. The van der Waals surface area contributed by atoms with Gasteiger partial charge in [-0.2, -0.15) is 0 Å². The quantitative estimate of drug-likeness (QED) is 0.381. The molecule has 0 amide bonds. The van der Waals surface area contributed by atoms with Gasteiger partial charge in [-0.05, 0) is 90.2 Å². The van der Waals surface area contributed by atoms with Gasteiger partial charge in [-0.15, -0.1) is 0 Å². The summed E-state index contributed by atoms with van der Waals surface area (Å²) >= 11 is 0. The molecule has 0 bridgehead atoms. The van der Waals surface area contributed by atoms with Gasteiger partial charge in [0.15, 0.2) is 0 Å². The first-order chi connectivity index (χ1) is 17.3. The third kappa shape index (κ3) is 4.73. The Kier molecular flexibility index (Phi) is 6.74. The number of hydrogen-bond donors (Lipinski definition) is 0. The predicted octanol–water partition coefficient (Wildman–Crippen LogP) is 4.04. The third-order valence-corrected chi connectivity index (χ3v) is 11.0. The summed E-state index contributed by atoms with van der Waals surface area (Å²) in [7, 11) is -1.85. The Morgan fingerprint density at radius 3 is 1.16 bits per heavy atom. The monoisotopic (exact) mass is 514 g/mol. The van der Waals surface area contributed by atoms with E-state index in [0.29, 0.717) is 0 Å². The zero-order chi connectivity index (χ0) is 26.6. The Morgan fingerprint density at radius 1 is 0.459 bits per heavy atom. The largest absolute Gasteiger partial charge is 0.495 e. The van der Waals surface area contributed by atoms with Crippen LogP contribution in [0.4, 0.5) is 0 Å². The van der Waals surface area contributed by atoms with Crippen molar-refractivity contribution >= 4 is 49.0 Å². The van der Waals surface area contributed by atoms with Crippen molar-refractivity contribution in [1.82, 2.24) is 0 Å². The molecule has 0 spiro atoms. The fourth-order valence-corrected chi connectivity index (χ4v) is 7.34. The van der Waals surface area contributed by atoms with Crippen LogP contribution in [-0.4, -0.2) is 36.6 Å². The molecule has 2 saturated heterocycles. The van der Waals surface area contributed by atoms with Crippen LogP contribution in [0.15, 0.2) is 78.9 Å². The Balaban J connectivity index is 1.66. The highest BCUT2D eigenvalue weighted by atomic mass is 31.1. The van der Waals surface area contributed by atoms with Crippen LogP contribution in [0, 0.1) is 0 Å². The lowest BCUT2D eigenvalue weighted by Gasteiger charge is -2.32. The summed E-state index contributed by atoms with van der Waals surface area (Å²) in [6.45, 7) is 16.8. The molecule has 2 aliphatic heterocycles. The van der Waals surface area contributed by atoms with Crippen LogP contribution >= 0.6 is 7.92 Å². The van der Waals surface area contributed by atoms with Crippen LogP contribution < -0.4 is 26.8 Å². The first kappa shape index (κ1) is 26.7. The molecule has 3 aromatic carbocycles. The van der Waals surface area contributed by atoms with Crippen LogP contribution in [-0.2, 0) is 18.6 Å². The van der Waals surface area contributed by atoms with E-state index in [1.54, 1.807) is 0 Å². The van der Waals surface area contributed by atoms with Gasteiger partial charge >= 0.3 is 14.2 Å². The van der Waals surface area contributed by atoms with Gasteiger partial charge in [-0.3, -0.25) is 0 Å². The lowest BCUT2D eigenvalue weighted by molar-refractivity contribution is 0.00578. The number of benzene rings is 3. The van der Waals surface area contributed by atoms with E-state index in [4.69, 9.17) is 18.6 Å². The second kappa shape index (κ2) is 9.36.